The van der Waals surface area contributed by atoms with Crippen LogP contribution in [0.1, 0.15) is 17.3 Å². The van der Waals surface area contributed by atoms with Crippen molar-refractivity contribution in [3.63, 3.8) is 0 Å². The van der Waals surface area contributed by atoms with Crippen LogP contribution in [0, 0.1) is 0 Å². The lowest BCUT2D eigenvalue weighted by atomic mass is 10.2. The minimum atomic E-state index is -0.240. The summed E-state index contributed by atoms with van der Waals surface area (Å²) in [5, 5.41) is 12.5. The molecule has 3 rings (SSSR count). The van der Waals surface area contributed by atoms with Gasteiger partial charge >= 0.3 is 0 Å². The topological polar surface area (TPSA) is 94.0 Å². The molecule has 1 amide bonds. The Morgan fingerprint density at radius 1 is 1.33 bits per heavy atom. The van der Waals surface area contributed by atoms with Gasteiger partial charge in [0, 0.05) is 24.2 Å². The SMILES string of the molecule is CCOCCNc1nc(SC)nc2c1cnn2CCNC(=O)c1cc(Br)ccc1Cl. The second-order valence-corrected chi connectivity index (χ2v) is 8.26. The highest BCUT2D eigenvalue weighted by Gasteiger charge is 2.14. The van der Waals surface area contributed by atoms with E-state index in [1.807, 2.05) is 13.2 Å². The molecule has 0 aliphatic rings. The van der Waals surface area contributed by atoms with Crippen molar-refractivity contribution >= 4 is 62.1 Å². The van der Waals surface area contributed by atoms with E-state index in [9.17, 15) is 4.79 Å². The van der Waals surface area contributed by atoms with Crippen molar-refractivity contribution in [2.45, 2.75) is 18.6 Å². The maximum Gasteiger partial charge on any atom is 0.252 e. The number of nitrogens with one attached hydrogen (secondary N) is 2. The minimum Gasteiger partial charge on any atom is -0.380 e. The number of halogens is 2. The summed E-state index contributed by atoms with van der Waals surface area (Å²) in [6.45, 7) is 4.71. The normalized spacial score (nSPS) is 11.1. The molecule has 2 aromatic heterocycles. The first kappa shape index (κ1) is 22.8. The quantitative estimate of drug-likeness (QED) is 0.242. The van der Waals surface area contributed by atoms with Gasteiger partial charge in [0.1, 0.15) is 5.82 Å². The second-order valence-electron chi connectivity index (χ2n) is 6.17. The average molecular weight is 514 g/mol. The van der Waals surface area contributed by atoms with Crippen LogP contribution in [0.15, 0.2) is 34.0 Å². The number of aromatic nitrogens is 4. The third kappa shape index (κ3) is 5.63. The number of anilines is 1. The largest absolute Gasteiger partial charge is 0.380 e. The molecule has 1 aromatic carbocycles. The molecular weight excluding hydrogens is 492 g/mol. The second kappa shape index (κ2) is 10.9. The maximum atomic E-state index is 12.4. The van der Waals surface area contributed by atoms with Gasteiger partial charge in [-0.05, 0) is 31.4 Å². The first-order valence-electron chi connectivity index (χ1n) is 9.36. The summed E-state index contributed by atoms with van der Waals surface area (Å²) in [5.74, 6) is 0.482. The number of carbonyl (C=O) groups excluding carboxylic acids is 1. The van der Waals surface area contributed by atoms with E-state index in [4.69, 9.17) is 16.3 Å². The predicted molar refractivity (Wildman–Crippen MR) is 124 cm³/mol. The van der Waals surface area contributed by atoms with E-state index in [0.717, 1.165) is 15.7 Å². The Morgan fingerprint density at radius 3 is 2.93 bits per heavy atom. The fraction of sp³-hybridized carbons (Fsp3) is 0.368. The Labute approximate surface area is 192 Å². The van der Waals surface area contributed by atoms with Crippen LogP contribution in [0.5, 0.6) is 0 Å². The molecule has 160 valence electrons. The maximum absolute atomic E-state index is 12.4. The van der Waals surface area contributed by atoms with Crippen molar-refractivity contribution in [1.82, 2.24) is 25.1 Å². The van der Waals surface area contributed by atoms with Gasteiger partial charge in [-0.1, -0.05) is 39.3 Å². The molecule has 0 aliphatic carbocycles. The monoisotopic (exact) mass is 512 g/mol. The molecule has 0 atom stereocenters. The van der Waals surface area contributed by atoms with Gasteiger partial charge in [0.15, 0.2) is 10.8 Å². The van der Waals surface area contributed by atoms with Crippen LogP contribution >= 0.6 is 39.3 Å². The Morgan fingerprint density at radius 2 is 2.17 bits per heavy atom. The Bertz CT molecular complexity index is 1030. The van der Waals surface area contributed by atoms with Crippen molar-refractivity contribution in [2.75, 3.05) is 37.9 Å². The number of ether oxygens (including phenoxy) is 1. The van der Waals surface area contributed by atoms with Crippen molar-refractivity contribution in [3.8, 4) is 0 Å². The van der Waals surface area contributed by atoms with Gasteiger partial charge in [0.25, 0.3) is 5.91 Å². The number of hydrogen-bond acceptors (Lipinski definition) is 7. The summed E-state index contributed by atoms with van der Waals surface area (Å²) in [6.07, 6.45) is 3.66. The van der Waals surface area contributed by atoms with Gasteiger partial charge in [-0.25, -0.2) is 14.6 Å². The van der Waals surface area contributed by atoms with E-state index >= 15 is 0 Å². The summed E-state index contributed by atoms with van der Waals surface area (Å²) in [7, 11) is 0. The minimum absolute atomic E-state index is 0.240. The molecule has 11 heteroatoms. The van der Waals surface area contributed by atoms with Crippen LogP contribution in [0.25, 0.3) is 11.0 Å². The molecule has 0 radical (unpaired) electrons. The van der Waals surface area contributed by atoms with Crippen LogP contribution in [0.3, 0.4) is 0 Å². The number of hydrogen-bond donors (Lipinski definition) is 2. The van der Waals surface area contributed by atoms with Crippen LogP contribution in [-0.4, -0.2) is 58.2 Å². The highest BCUT2D eigenvalue weighted by atomic mass is 79.9. The lowest BCUT2D eigenvalue weighted by molar-refractivity contribution is 0.0952. The van der Waals surface area contributed by atoms with Gasteiger partial charge in [-0.2, -0.15) is 5.10 Å². The standard InChI is InChI=1S/C19H22BrClN6O2S/c1-3-29-9-7-22-16-14-11-24-27(17(14)26-19(25-16)30-2)8-6-23-18(28)13-10-12(20)4-5-15(13)21/h4-5,10-11H,3,6-9H2,1-2H3,(H,23,28)(H,22,25,26). The van der Waals surface area contributed by atoms with Crippen molar-refractivity contribution in [2.24, 2.45) is 0 Å². The van der Waals surface area contributed by atoms with Gasteiger partial charge in [0.2, 0.25) is 0 Å². The number of nitrogens with zero attached hydrogens (tertiary/aromatic N) is 4. The smallest absolute Gasteiger partial charge is 0.252 e. The van der Waals surface area contributed by atoms with Gasteiger partial charge in [-0.15, -0.1) is 0 Å². The molecule has 2 N–H and O–H groups in total. The molecule has 2 heterocycles. The summed E-state index contributed by atoms with van der Waals surface area (Å²) in [6, 6.07) is 5.17. The molecular formula is C19H22BrClN6O2S. The molecule has 0 spiro atoms. The van der Waals surface area contributed by atoms with Crippen molar-refractivity contribution in [3.05, 3.63) is 39.5 Å². The zero-order chi connectivity index (χ0) is 21.5. The molecule has 0 bridgehead atoms. The van der Waals surface area contributed by atoms with E-state index < -0.39 is 0 Å². The van der Waals surface area contributed by atoms with Crippen molar-refractivity contribution in [1.29, 1.82) is 0 Å². The molecule has 3 aromatic rings. The Hall–Kier alpha value is -1.88. The van der Waals surface area contributed by atoms with E-state index in [2.05, 4.69) is 41.6 Å². The van der Waals surface area contributed by atoms with Crippen molar-refractivity contribution < 1.29 is 9.53 Å². The highest BCUT2D eigenvalue weighted by molar-refractivity contribution is 9.10. The number of amides is 1. The summed E-state index contributed by atoms with van der Waals surface area (Å²) in [5.41, 5.74) is 1.13. The Kier molecular flexibility index (Phi) is 8.32. The first-order valence-corrected chi connectivity index (χ1v) is 11.8. The fourth-order valence-electron chi connectivity index (χ4n) is 2.75. The van der Waals surface area contributed by atoms with Crippen LogP contribution in [0.4, 0.5) is 5.82 Å². The average Bonchev–Trinajstić information content (AvgIpc) is 3.15. The van der Waals surface area contributed by atoms with Gasteiger partial charge in [0.05, 0.1) is 35.3 Å². The molecule has 0 aliphatic heterocycles. The number of carbonyl (C=O) groups is 1. The van der Waals surface area contributed by atoms with E-state index in [1.54, 1.807) is 29.1 Å². The Balaban J connectivity index is 1.70. The number of fused-ring (bicyclic) bond motifs is 1. The number of thioether (sulfide) groups is 1. The van der Waals surface area contributed by atoms with Crippen LogP contribution in [0.2, 0.25) is 5.02 Å². The van der Waals surface area contributed by atoms with E-state index in [1.165, 1.54) is 11.8 Å². The van der Waals surface area contributed by atoms with Gasteiger partial charge in [-0.3, -0.25) is 4.79 Å². The fourth-order valence-corrected chi connectivity index (χ4v) is 3.68. The zero-order valence-corrected chi connectivity index (χ0v) is 19.8. The molecule has 30 heavy (non-hydrogen) atoms. The number of rotatable bonds is 10. The number of benzene rings is 1. The van der Waals surface area contributed by atoms with Crippen LogP contribution in [-0.2, 0) is 11.3 Å². The van der Waals surface area contributed by atoms with Gasteiger partial charge < -0.3 is 15.4 Å². The lowest BCUT2D eigenvalue weighted by Crippen LogP contribution is -2.27. The summed E-state index contributed by atoms with van der Waals surface area (Å²) in [4.78, 5) is 21.6. The third-order valence-electron chi connectivity index (χ3n) is 4.18. The highest BCUT2D eigenvalue weighted by Crippen LogP contribution is 2.23. The molecule has 0 fully saturated rings. The summed E-state index contributed by atoms with van der Waals surface area (Å²) < 4.78 is 7.92. The molecule has 0 saturated heterocycles. The van der Waals surface area contributed by atoms with E-state index in [0.29, 0.717) is 54.2 Å². The molecule has 0 unspecified atom stereocenters. The van der Waals surface area contributed by atoms with Crippen LogP contribution < -0.4 is 10.6 Å². The summed E-state index contributed by atoms with van der Waals surface area (Å²) >= 11 is 10.9. The first-order chi connectivity index (χ1) is 14.5. The van der Waals surface area contributed by atoms with E-state index in [-0.39, 0.29) is 5.91 Å². The molecule has 8 nitrogen and oxygen atoms in total. The lowest BCUT2D eigenvalue weighted by Gasteiger charge is -2.10. The molecule has 0 saturated carbocycles. The third-order valence-corrected chi connectivity index (χ3v) is 5.55. The predicted octanol–water partition coefficient (Wildman–Crippen LogP) is 3.84. The zero-order valence-electron chi connectivity index (χ0n) is 16.6.